The number of para-hydroxylation sites is 1. The number of fused-ring (bicyclic) bond motifs is 1. The first kappa shape index (κ1) is 31.0. The molecule has 2 heterocycles. The number of rotatable bonds is 12. The van der Waals surface area contributed by atoms with Crippen LogP contribution in [0.25, 0.3) is 16.6 Å². The molecule has 0 bridgehead atoms. The van der Waals surface area contributed by atoms with Crippen molar-refractivity contribution in [1.29, 1.82) is 0 Å². The van der Waals surface area contributed by atoms with Gasteiger partial charge in [-0.05, 0) is 38.1 Å². The van der Waals surface area contributed by atoms with Gasteiger partial charge in [0.15, 0.2) is 5.16 Å². The second-order valence-corrected chi connectivity index (χ2v) is 10.7. The van der Waals surface area contributed by atoms with E-state index in [9.17, 15) is 9.59 Å². The number of morpholine rings is 1. The number of nitrogens with zero attached hydrogens (tertiary/aromatic N) is 3. The normalized spacial score (nSPS) is 13.0. The number of thioether (sulfide) groups is 1. The van der Waals surface area contributed by atoms with Crippen molar-refractivity contribution < 1.29 is 28.5 Å². The number of nitrogens with one attached hydrogen (secondary N) is 1. The minimum absolute atomic E-state index is 0.0299. The quantitative estimate of drug-likeness (QED) is 0.176. The zero-order chi connectivity index (χ0) is 31.1. The van der Waals surface area contributed by atoms with E-state index in [1.807, 2.05) is 26.0 Å². The molecule has 1 saturated heterocycles. The van der Waals surface area contributed by atoms with Gasteiger partial charge in [-0.15, -0.1) is 0 Å². The number of hydrogen-bond donors (Lipinski definition) is 1. The number of methoxy groups -OCH3 is 2. The second kappa shape index (κ2) is 14.4. The molecule has 12 heteroatoms. The number of anilines is 2. The molecule has 1 fully saturated rings. The van der Waals surface area contributed by atoms with Gasteiger partial charge in [0.1, 0.15) is 23.0 Å². The van der Waals surface area contributed by atoms with Crippen LogP contribution in [0.4, 0.5) is 11.4 Å². The monoisotopic (exact) mass is 620 g/mol. The summed E-state index contributed by atoms with van der Waals surface area (Å²) in [6, 6.07) is 16.0. The molecule has 44 heavy (non-hydrogen) atoms. The first-order valence-electron chi connectivity index (χ1n) is 14.4. The lowest BCUT2D eigenvalue weighted by Crippen LogP contribution is -2.36. The topological polar surface area (TPSA) is 113 Å². The lowest BCUT2D eigenvalue weighted by atomic mass is 10.2. The van der Waals surface area contributed by atoms with Crippen LogP contribution in [-0.4, -0.2) is 74.9 Å². The predicted molar refractivity (Wildman–Crippen MR) is 172 cm³/mol. The van der Waals surface area contributed by atoms with Crippen molar-refractivity contribution in [2.24, 2.45) is 0 Å². The number of hydrogen-bond acceptors (Lipinski definition) is 10. The Morgan fingerprint density at radius 1 is 0.932 bits per heavy atom. The Labute approximate surface area is 260 Å². The average molecular weight is 621 g/mol. The number of aromatic nitrogens is 2. The highest BCUT2D eigenvalue weighted by Crippen LogP contribution is 2.39. The zero-order valence-electron chi connectivity index (χ0n) is 25.3. The summed E-state index contributed by atoms with van der Waals surface area (Å²) >= 11 is 1.14. The molecule has 4 aromatic rings. The molecular formula is C32H36N4O7S. The summed E-state index contributed by atoms with van der Waals surface area (Å²) in [5, 5.41) is 3.75. The molecule has 0 atom stereocenters. The van der Waals surface area contributed by atoms with Crippen LogP contribution in [-0.2, 0) is 9.53 Å². The molecule has 0 radical (unpaired) electrons. The van der Waals surface area contributed by atoms with E-state index in [0.29, 0.717) is 76.9 Å². The fourth-order valence-electron chi connectivity index (χ4n) is 4.95. The Kier molecular flexibility index (Phi) is 10.1. The van der Waals surface area contributed by atoms with Gasteiger partial charge in [-0.3, -0.25) is 14.2 Å². The maximum Gasteiger partial charge on any atom is 0.266 e. The van der Waals surface area contributed by atoms with E-state index in [2.05, 4.69) is 10.2 Å². The van der Waals surface area contributed by atoms with Crippen LogP contribution in [0.1, 0.15) is 13.8 Å². The van der Waals surface area contributed by atoms with E-state index in [0.717, 1.165) is 30.5 Å². The predicted octanol–water partition coefficient (Wildman–Crippen LogP) is 4.77. The standard InChI is InChI=1S/C32H36N4O7S/c1-5-42-28-19-25(35-13-15-41-16-14-35)29(43-6-2)18-24(28)33-30(37)20-44-32-34-23-10-8-7-9-22(23)31(38)36(32)26-17-21(39-3)11-12-27(26)40-4/h7-12,17-19H,5-6,13-16,20H2,1-4H3,(H,33,37). The van der Waals surface area contributed by atoms with Crippen molar-refractivity contribution in [3.8, 4) is 28.7 Å². The van der Waals surface area contributed by atoms with Gasteiger partial charge in [0.25, 0.3) is 5.56 Å². The van der Waals surface area contributed by atoms with Gasteiger partial charge in [0.05, 0.1) is 74.4 Å². The van der Waals surface area contributed by atoms with Crippen LogP contribution in [0.5, 0.6) is 23.0 Å². The number of carbonyl (C=O) groups excluding carboxylic acids is 1. The van der Waals surface area contributed by atoms with Gasteiger partial charge >= 0.3 is 0 Å². The minimum Gasteiger partial charge on any atom is -0.497 e. The highest BCUT2D eigenvalue weighted by Gasteiger charge is 2.22. The van der Waals surface area contributed by atoms with Crippen LogP contribution >= 0.6 is 11.8 Å². The largest absolute Gasteiger partial charge is 0.497 e. The van der Waals surface area contributed by atoms with Gasteiger partial charge < -0.3 is 33.9 Å². The van der Waals surface area contributed by atoms with E-state index in [1.54, 1.807) is 49.6 Å². The van der Waals surface area contributed by atoms with Crippen LogP contribution in [0.15, 0.2) is 64.5 Å². The molecule has 1 aliphatic rings. The summed E-state index contributed by atoms with van der Waals surface area (Å²) in [6.45, 7) is 7.41. The van der Waals surface area contributed by atoms with E-state index in [-0.39, 0.29) is 17.2 Å². The summed E-state index contributed by atoms with van der Waals surface area (Å²) in [7, 11) is 3.08. The van der Waals surface area contributed by atoms with Crippen LogP contribution in [0.2, 0.25) is 0 Å². The maximum atomic E-state index is 13.8. The van der Waals surface area contributed by atoms with E-state index < -0.39 is 0 Å². The van der Waals surface area contributed by atoms with Crippen LogP contribution in [0, 0.1) is 0 Å². The van der Waals surface area contributed by atoms with Crippen molar-refractivity contribution in [3.63, 3.8) is 0 Å². The summed E-state index contributed by atoms with van der Waals surface area (Å²) < 4.78 is 29.9. The zero-order valence-corrected chi connectivity index (χ0v) is 26.1. The summed E-state index contributed by atoms with van der Waals surface area (Å²) in [6.07, 6.45) is 0. The molecule has 1 amide bonds. The lowest BCUT2D eigenvalue weighted by molar-refractivity contribution is -0.113. The van der Waals surface area contributed by atoms with Gasteiger partial charge in [0.2, 0.25) is 5.91 Å². The summed E-state index contributed by atoms with van der Waals surface area (Å²) in [5.74, 6) is 1.86. The first-order chi connectivity index (χ1) is 21.5. The van der Waals surface area contributed by atoms with Crippen molar-refractivity contribution in [2.45, 2.75) is 19.0 Å². The van der Waals surface area contributed by atoms with E-state index in [4.69, 9.17) is 28.7 Å². The molecule has 0 aliphatic carbocycles. The molecule has 232 valence electrons. The molecule has 0 unspecified atom stereocenters. The average Bonchev–Trinajstić information content (AvgIpc) is 3.05. The lowest BCUT2D eigenvalue weighted by Gasteiger charge is -2.31. The molecule has 0 spiro atoms. The van der Waals surface area contributed by atoms with E-state index >= 15 is 0 Å². The highest BCUT2D eigenvalue weighted by molar-refractivity contribution is 7.99. The van der Waals surface area contributed by atoms with Crippen molar-refractivity contribution >= 4 is 39.9 Å². The van der Waals surface area contributed by atoms with Crippen LogP contribution in [0.3, 0.4) is 0 Å². The Morgan fingerprint density at radius 2 is 1.68 bits per heavy atom. The number of benzene rings is 3. The summed E-state index contributed by atoms with van der Waals surface area (Å²) in [5.41, 5.74) is 2.08. The molecular weight excluding hydrogens is 584 g/mol. The van der Waals surface area contributed by atoms with E-state index in [1.165, 1.54) is 11.7 Å². The molecule has 1 N–H and O–H groups in total. The van der Waals surface area contributed by atoms with Crippen molar-refractivity contribution in [2.75, 3.05) is 69.7 Å². The third-order valence-corrected chi connectivity index (χ3v) is 7.93. The summed E-state index contributed by atoms with van der Waals surface area (Å²) in [4.78, 5) is 34.2. The molecule has 1 aromatic heterocycles. The fourth-order valence-corrected chi connectivity index (χ4v) is 5.76. The van der Waals surface area contributed by atoms with Gasteiger partial charge in [0, 0.05) is 31.3 Å². The smallest absolute Gasteiger partial charge is 0.266 e. The fraction of sp³-hybridized carbons (Fsp3) is 0.344. The molecule has 5 rings (SSSR count). The van der Waals surface area contributed by atoms with Crippen molar-refractivity contribution in [1.82, 2.24) is 9.55 Å². The van der Waals surface area contributed by atoms with Gasteiger partial charge in [-0.2, -0.15) is 0 Å². The Bertz CT molecular complexity index is 1690. The Balaban J connectivity index is 1.47. The number of carbonyl (C=O) groups is 1. The molecule has 1 aliphatic heterocycles. The number of amides is 1. The van der Waals surface area contributed by atoms with Crippen LogP contribution < -0.4 is 34.7 Å². The number of ether oxygens (including phenoxy) is 5. The molecule has 11 nitrogen and oxygen atoms in total. The second-order valence-electron chi connectivity index (χ2n) is 9.71. The first-order valence-corrected chi connectivity index (χ1v) is 15.4. The van der Waals surface area contributed by atoms with Gasteiger partial charge in [-0.1, -0.05) is 23.9 Å². The molecule has 0 saturated carbocycles. The highest BCUT2D eigenvalue weighted by atomic mass is 32.2. The molecule has 3 aromatic carbocycles. The third-order valence-electron chi connectivity index (χ3n) is 6.99. The van der Waals surface area contributed by atoms with Gasteiger partial charge in [-0.25, -0.2) is 4.98 Å². The maximum absolute atomic E-state index is 13.8. The van der Waals surface area contributed by atoms with Crippen molar-refractivity contribution in [3.05, 3.63) is 65.0 Å². The SMILES string of the molecule is CCOc1cc(N2CCOCC2)c(OCC)cc1NC(=O)CSc1nc2ccccc2c(=O)n1-c1cc(OC)ccc1OC. The third kappa shape index (κ3) is 6.71. The minimum atomic E-state index is -0.302. The Hall–Kier alpha value is -4.42. The Morgan fingerprint density at radius 3 is 2.41 bits per heavy atom.